The van der Waals surface area contributed by atoms with Crippen LogP contribution in [0, 0.1) is 0 Å². The van der Waals surface area contributed by atoms with Crippen LogP contribution in [0.2, 0.25) is 0 Å². The molecule has 4 aliphatic heterocycles. The van der Waals surface area contributed by atoms with Crippen molar-refractivity contribution in [2.24, 2.45) is 9.98 Å². The van der Waals surface area contributed by atoms with Crippen LogP contribution < -0.4 is 4.90 Å². The first-order valence-electron chi connectivity index (χ1n) is 16.7. The highest BCUT2D eigenvalue weighted by molar-refractivity contribution is 7.99. The molecule has 4 fully saturated rings. The van der Waals surface area contributed by atoms with Gasteiger partial charge in [-0.2, -0.15) is 11.8 Å². The predicted octanol–water partition coefficient (Wildman–Crippen LogP) is 7.59. The number of hydrogen-bond donors (Lipinski definition) is 0. The average molecular weight is 586 g/mol. The van der Waals surface area contributed by atoms with Crippen LogP contribution in [0.1, 0.15) is 76.7 Å². The van der Waals surface area contributed by atoms with Gasteiger partial charge in [0.2, 0.25) is 0 Å². The molecule has 1 unspecified atom stereocenters. The first-order chi connectivity index (χ1) is 20.7. The zero-order valence-corrected chi connectivity index (χ0v) is 26.9. The van der Waals surface area contributed by atoms with E-state index in [1.54, 1.807) is 0 Å². The molecule has 0 aromatic heterocycles. The van der Waals surface area contributed by atoms with Crippen LogP contribution in [0.5, 0.6) is 0 Å². The summed E-state index contributed by atoms with van der Waals surface area (Å²) >= 11 is 2.01. The summed E-state index contributed by atoms with van der Waals surface area (Å²) in [7, 11) is 0. The molecular weight excluding hydrogens is 534 g/mol. The lowest BCUT2D eigenvalue weighted by atomic mass is 9.89. The maximum Gasteiger partial charge on any atom is 0.132 e. The van der Waals surface area contributed by atoms with E-state index in [4.69, 9.17) is 9.98 Å². The molecule has 1 atom stereocenters. The fourth-order valence-electron chi connectivity index (χ4n) is 8.42. The van der Waals surface area contributed by atoms with Crippen LogP contribution in [0.3, 0.4) is 0 Å². The van der Waals surface area contributed by atoms with Gasteiger partial charge in [0.05, 0.1) is 12.3 Å². The molecule has 4 saturated heterocycles. The van der Waals surface area contributed by atoms with E-state index in [9.17, 15) is 0 Å². The maximum absolute atomic E-state index is 5.44. The van der Waals surface area contributed by atoms with Gasteiger partial charge in [0.25, 0.3) is 0 Å². The van der Waals surface area contributed by atoms with Gasteiger partial charge >= 0.3 is 0 Å². The van der Waals surface area contributed by atoms with Gasteiger partial charge < -0.3 is 9.80 Å². The van der Waals surface area contributed by atoms with Gasteiger partial charge in [-0.3, -0.25) is 9.89 Å². The molecule has 0 spiro atoms. The Kier molecular flexibility index (Phi) is 9.60. The third-order valence-corrected chi connectivity index (χ3v) is 11.7. The SMILES string of the molecule is C=N/C(=C1/CCN(c2cccc3cccc(CC)c23)C/C1=N/CCCC12CCCN1CCC2)N1CCCCC(SC)C1. The lowest BCUT2D eigenvalue weighted by molar-refractivity contribution is 0.180. The van der Waals surface area contributed by atoms with E-state index < -0.39 is 0 Å². The van der Waals surface area contributed by atoms with Crippen molar-refractivity contribution in [1.29, 1.82) is 0 Å². The zero-order chi connectivity index (χ0) is 28.9. The smallest absolute Gasteiger partial charge is 0.132 e. The van der Waals surface area contributed by atoms with Crippen molar-refractivity contribution >= 4 is 40.7 Å². The highest BCUT2D eigenvalue weighted by Crippen LogP contribution is 2.42. The average Bonchev–Trinajstić information content (AvgIpc) is 3.52. The second-order valence-corrected chi connectivity index (χ2v) is 14.1. The highest BCUT2D eigenvalue weighted by atomic mass is 32.2. The first kappa shape index (κ1) is 29.7. The molecule has 42 heavy (non-hydrogen) atoms. The van der Waals surface area contributed by atoms with Gasteiger partial charge in [0.1, 0.15) is 5.82 Å². The topological polar surface area (TPSA) is 34.4 Å². The Balaban J connectivity index is 1.30. The van der Waals surface area contributed by atoms with Gasteiger partial charge in [0.15, 0.2) is 0 Å². The zero-order valence-electron chi connectivity index (χ0n) is 26.1. The molecule has 4 heterocycles. The van der Waals surface area contributed by atoms with Crippen molar-refractivity contribution in [2.75, 3.05) is 57.0 Å². The summed E-state index contributed by atoms with van der Waals surface area (Å²) in [5.41, 5.74) is 5.85. The highest BCUT2D eigenvalue weighted by Gasteiger charge is 2.43. The number of benzene rings is 2. The van der Waals surface area contributed by atoms with Crippen LogP contribution in [0.25, 0.3) is 10.8 Å². The van der Waals surface area contributed by atoms with Crippen molar-refractivity contribution in [1.82, 2.24) is 9.80 Å². The molecule has 0 aliphatic carbocycles. The number of piperidine rings is 1. The predicted molar refractivity (Wildman–Crippen MR) is 184 cm³/mol. The summed E-state index contributed by atoms with van der Waals surface area (Å²) in [5.74, 6) is 1.11. The van der Waals surface area contributed by atoms with Crippen molar-refractivity contribution in [3.8, 4) is 0 Å². The van der Waals surface area contributed by atoms with E-state index >= 15 is 0 Å². The number of nitrogens with zero attached hydrogens (tertiary/aromatic N) is 5. The van der Waals surface area contributed by atoms with Crippen LogP contribution in [-0.2, 0) is 6.42 Å². The Morgan fingerprint density at radius 3 is 2.60 bits per heavy atom. The Bertz CT molecular complexity index is 1300. The number of aryl methyl sites for hydroxylation is 1. The standard InChI is InChI=1S/C36H51N5S/c1-4-28-12-7-13-29-14-8-16-33(34(28)29)39-25-17-31(35(37-2)40-22-6-5-15-30(26-40)42-3)32(27-39)38-21-9-18-36-19-10-23-41(36)24-11-20-36/h7-8,12-14,16,30H,2,4-6,9-11,15,17-27H2,1,3H3/b35-31+,38-32-. The summed E-state index contributed by atoms with van der Waals surface area (Å²) in [6.45, 7) is 13.9. The summed E-state index contributed by atoms with van der Waals surface area (Å²) in [5, 5.41) is 3.41. The Hall–Kier alpha value is -2.31. The number of rotatable bonds is 9. The third-order valence-electron chi connectivity index (χ3n) is 10.6. The molecule has 6 heteroatoms. The van der Waals surface area contributed by atoms with E-state index in [1.165, 1.54) is 104 Å². The minimum atomic E-state index is 0.476. The molecule has 0 saturated carbocycles. The van der Waals surface area contributed by atoms with Crippen molar-refractivity contribution in [2.45, 2.75) is 88.3 Å². The molecule has 0 amide bonds. The number of anilines is 1. The summed E-state index contributed by atoms with van der Waals surface area (Å²) < 4.78 is 0. The lowest BCUT2D eigenvalue weighted by Gasteiger charge is -2.36. The lowest BCUT2D eigenvalue weighted by Crippen LogP contribution is -2.40. The van der Waals surface area contributed by atoms with Gasteiger partial charge in [0, 0.05) is 53.6 Å². The van der Waals surface area contributed by atoms with E-state index in [1.807, 2.05) is 11.8 Å². The molecule has 5 nitrogen and oxygen atoms in total. The second kappa shape index (κ2) is 13.5. The molecule has 2 aromatic carbocycles. The van der Waals surface area contributed by atoms with Crippen LogP contribution in [-0.4, -0.2) is 85.1 Å². The molecule has 2 aromatic rings. The largest absolute Gasteiger partial charge is 0.365 e. The molecule has 4 aliphatic rings. The minimum Gasteiger partial charge on any atom is -0.365 e. The van der Waals surface area contributed by atoms with Crippen LogP contribution in [0.15, 0.2) is 57.8 Å². The Morgan fingerprint density at radius 1 is 1.02 bits per heavy atom. The fraction of sp³-hybridized carbons (Fsp3) is 0.611. The van der Waals surface area contributed by atoms with Crippen molar-refractivity contribution < 1.29 is 0 Å². The van der Waals surface area contributed by atoms with Gasteiger partial charge in [-0.15, -0.1) is 0 Å². The Labute approximate surface area is 258 Å². The van der Waals surface area contributed by atoms with Crippen LogP contribution in [0.4, 0.5) is 5.69 Å². The monoisotopic (exact) mass is 585 g/mol. The minimum absolute atomic E-state index is 0.476. The number of aliphatic imine (C=N–C) groups is 2. The number of thioether (sulfide) groups is 1. The maximum atomic E-state index is 5.44. The fourth-order valence-corrected chi connectivity index (χ4v) is 9.15. The van der Waals surface area contributed by atoms with Crippen molar-refractivity contribution in [3.63, 3.8) is 0 Å². The summed E-state index contributed by atoms with van der Waals surface area (Å²) in [6.07, 6.45) is 16.1. The van der Waals surface area contributed by atoms with Crippen molar-refractivity contribution in [3.05, 3.63) is 53.4 Å². The van der Waals surface area contributed by atoms with E-state index in [0.29, 0.717) is 10.8 Å². The first-order valence-corrected chi connectivity index (χ1v) is 18.0. The molecular formula is C36H51N5S. The quantitative estimate of drug-likeness (QED) is 0.224. The normalized spacial score (nSPS) is 25.2. The Morgan fingerprint density at radius 2 is 1.83 bits per heavy atom. The number of likely N-dealkylation sites (tertiary alicyclic amines) is 1. The number of hydrogen-bond acceptors (Lipinski definition) is 6. The second-order valence-electron chi connectivity index (χ2n) is 12.9. The van der Waals surface area contributed by atoms with E-state index in [-0.39, 0.29) is 0 Å². The summed E-state index contributed by atoms with van der Waals surface area (Å²) in [4.78, 5) is 18.1. The molecule has 0 bridgehead atoms. The summed E-state index contributed by atoms with van der Waals surface area (Å²) in [6, 6.07) is 13.6. The third kappa shape index (κ3) is 6.04. The molecule has 0 radical (unpaired) electrons. The molecule has 0 N–H and O–H groups in total. The van der Waals surface area contributed by atoms with E-state index in [2.05, 4.69) is 71.0 Å². The molecule has 6 rings (SSSR count). The van der Waals surface area contributed by atoms with Gasteiger partial charge in [-0.05, 0) is 107 Å². The van der Waals surface area contributed by atoms with Gasteiger partial charge in [-0.1, -0.05) is 43.7 Å². The van der Waals surface area contributed by atoms with E-state index in [0.717, 1.165) is 51.4 Å². The molecule has 226 valence electrons. The van der Waals surface area contributed by atoms with Gasteiger partial charge in [-0.25, -0.2) is 4.99 Å². The number of fused-ring (bicyclic) bond motifs is 2. The van der Waals surface area contributed by atoms with Crippen LogP contribution >= 0.6 is 11.8 Å².